The maximum atomic E-state index is 13.3. The summed E-state index contributed by atoms with van der Waals surface area (Å²) in [4.78, 5) is 24.6. The second-order valence-corrected chi connectivity index (χ2v) is 4.66. The predicted molar refractivity (Wildman–Crippen MR) is 78.0 cm³/mol. The van der Waals surface area contributed by atoms with E-state index in [0.717, 1.165) is 16.3 Å². The fraction of sp³-hybridized carbons (Fsp3) is 0.333. The van der Waals surface area contributed by atoms with E-state index in [1.807, 2.05) is 35.3 Å². The molecule has 1 aromatic heterocycles. The van der Waals surface area contributed by atoms with E-state index in [-0.39, 0.29) is 0 Å². The van der Waals surface area contributed by atoms with E-state index in [1.54, 1.807) is 0 Å². The van der Waals surface area contributed by atoms with Crippen molar-refractivity contribution in [2.75, 3.05) is 13.7 Å². The van der Waals surface area contributed by atoms with Gasteiger partial charge in [0.05, 0.1) is 19.4 Å². The molecule has 0 saturated carbocycles. The highest BCUT2D eigenvalue weighted by Crippen LogP contribution is 2.10. The SMILES string of the molecule is COC(CCOCc1ccccc1)n1cc(F)c(=O)[nH]c1=O. The van der Waals surface area contributed by atoms with Gasteiger partial charge in [0.25, 0.3) is 5.56 Å². The standard InChI is InChI=1S/C15H17FN2O4/c1-21-13(18-9-12(16)14(19)17-15(18)20)7-8-22-10-11-5-3-2-4-6-11/h2-6,9,13H,7-8,10H2,1H3,(H,17,19,20). The molecule has 1 N–H and O–H groups in total. The number of benzene rings is 1. The van der Waals surface area contributed by atoms with Gasteiger partial charge in [-0.3, -0.25) is 14.3 Å². The number of H-pyrrole nitrogens is 1. The molecule has 0 aliphatic rings. The van der Waals surface area contributed by atoms with Crippen LogP contribution in [-0.4, -0.2) is 23.3 Å². The summed E-state index contributed by atoms with van der Waals surface area (Å²) in [5.74, 6) is -1.04. The number of nitrogens with one attached hydrogen (secondary N) is 1. The van der Waals surface area contributed by atoms with Crippen LogP contribution in [-0.2, 0) is 16.1 Å². The van der Waals surface area contributed by atoms with Crippen molar-refractivity contribution in [1.29, 1.82) is 0 Å². The molecule has 2 rings (SSSR count). The normalized spacial score (nSPS) is 12.3. The Morgan fingerprint density at radius 2 is 2.00 bits per heavy atom. The third-order valence-corrected chi connectivity index (χ3v) is 3.13. The van der Waals surface area contributed by atoms with E-state index in [9.17, 15) is 14.0 Å². The Morgan fingerprint density at radius 3 is 2.68 bits per heavy atom. The summed E-state index contributed by atoms with van der Waals surface area (Å²) in [5, 5.41) is 0. The van der Waals surface area contributed by atoms with Crippen molar-refractivity contribution < 1.29 is 13.9 Å². The van der Waals surface area contributed by atoms with E-state index >= 15 is 0 Å². The molecule has 0 spiro atoms. The number of nitrogens with zero attached hydrogens (tertiary/aromatic N) is 1. The van der Waals surface area contributed by atoms with E-state index in [1.165, 1.54) is 7.11 Å². The van der Waals surface area contributed by atoms with Gasteiger partial charge >= 0.3 is 5.69 Å². The molecule has 1 atom stereocenters. The lowest BCUT2D eigenvalue weighted by atomic mass is 10.2. The zero-order valence-electron chi connectivity index (χ0n) is 12.1. The number of aromatic amines is 1. The minimum atomic E-state index is -1.04. The number of methoxy groups -OCH3 is 1. The summed E-state index contributed by atoms with van der Waals surface area (Å²) in [6, 6.07) is 9.63. The zero-order valence-corrected chi connectivity index (χ0v) is 12.1. The van der Waals surface area contributed by atoms with Crippen LogP contribution in [0.2, 0.25) is 0 Å². The molecule has 0 fully saturated rings. The van der Waals surface area contributed by atoms with Crippen LogP contribution in [0.15, 0.2) is 46.1 Å². The van der Waals surface area contributed by atoms with Gasteiger partial charge in [0.1, 0.15) is 6.23 Å². The number of halogens is 1. The molecular weight excluding hydrogens is 291 g/mol. The smallest absolute Gasteiger partial charge is 0.330 e. The monoisotopic (exact) mass is 308 g/mol. The quantitative estimate of drug-likeness (QED) is 0.785. The Labute approximate surface area is 126 Å². The summed E-state index contributed by atoms with van der Waals surface area (Å²) >= 11 is 0. The van der Waals surface area contributed by atoms with Gasteiger partial charge in [0.15, 0.2) is 0 Å². The van der Waals surface area contributed by atoms with Crippen LogP contribution in [0.4, 0.5) is 4.39 Å². The Kier molecular flexibility index (Phi) is 5.62. The van der Waals surface area contributed by atoms with Crippen LogP contribution in [0.1, 0.15) is 18.2 Å². The molecule has 6 nitrogen and oxygen atoms in total. The van der Waals surface area contributed by atoms with Crippen molar-refractivity contribution in [3.63, 3.8) is 0 Å². The number of hydrogen-bond donors (Lipinski definition) is 1. The van der Waals surface area contributed by atoms with E-state index < -0.39 is 23.3 Å². The van der Waals surface area contributed by atoms with Gasteiger partial charge in [0.2, 0.25) is 5.82 Å². The third-order valence-electron chi connectivity index (χ3n) is 3.13. The topological polar surface area (TPSA) is 73.3 Å². The Hall–Kier alpha value is -2.25. The first-order valence-electron chi connectivity index (χ1n) is 6.77. The van der Waals surface area contributed by atoms with Crippen LogP contribution in [0.5, 0.6) is 0 Å². The molecule has 2 aromatic rings. The van der Waals surface area contributed by atoms with Crippen LogP contribution in [0, 0.1) is 5.82 Å². The highest BCUT2D eigenvalue weighted by molar-refractivity contribution is 5.13. The lowest BCUT2D eigenvalue weighted by molar-refractivity contribution is 0.00157. The van der Waals surface area contributed by atoms with Gasteiger partial charge in [-0.1, -0.05) is 30.3 Å². The molecule has 1 heterocycles. The first-order chi connectivity index (χ1) is 10.6. The highest BCUT2D eigenvalue weighted by Gasteiger charge is 2.14. The van der Waals surface area contributed by atoms with Gasteiger partial charge in [-0.25, -0.2) is 4.79 Å². The molecule has 118 valence electrons. The average molecular weight is 308 g/mol. The maximum Gasteiger partial charge on any atom is 0.330 e. The minimum absolute atomic E-state index is 0.320. The number of hydrogen-bond acceptors (Lipinski definition) is 4. The fourth-order valence-corrected chi connectivity index (χ4v) is 1.99. The van der Waals surface area contributed by atoms with Gasteiger partial charge in [-0.05, 0) is 5.56 Å². The van der Waals surface area contributed by atoms with Crippen LogP contribution < -0.4 is 11.2 Å². The van der Waals surface area contributed by atoms with Crippen molar-refractivity contribution in [2.45, 2.75) is 19.3 Å². The molecule has 0 aliphatic heterocycles. The molecule has 0 saturated heterocycles. The van der Waals surface area contributed by atoms with Gasteiger partial charge < -0.3 is 9.47 Å². The van der Waals surface area contributed by atoms with Crippen LogP contribution in [0.3, 0.4) is 0 Å². The lowest BCUT2D eigenvalue weighted by Gasteiger charge is -2.17. The van der Waals surface area contributed by atoms with Gasteiger partial charge in [-0.15, -0.1) is 0 Å². The van der Waals surface area contributed by atoms with Gasteiger partial charge in [-0.2, -0.15) is 4.39 Å². The highest BCUT2D eigenvalue weighted by atomic mass is 19.1. The number of ether oxygens (including phenoxy) is 2. The van der Waals surface area contributed by atoms with E-state index in [4.69, 9.17) is 9.47 Å². The molecule has 22 heavy (non-hydrogen) atoms. The summed E-state index contributed by atoms with van der Waals surface area (Å²) in [6.45, 7) is 0.757. The van der Waals surface area contributed by atoms with Crippen molar-refractivity contribution in [3.05, 3.63) is 68.7 Å². The minimum Gasteiger partial charge on any atom is -0.377 e. The predicted octanol–water partition coefficient (Wildman–Crippen LogP) is 1.43. The van der Waals surface area contributed by atoms with Crippen LogP contribution in [0.25, 0.3) is 0 Å². The van der Waals surface area contributed by atoms with Gasteiger partial charge in [0, 0.05) is 13.5 Å². The lowest BCUT2D eigenvalue weighted by Crippen LogP contribution is -2.34. The second kappa shape index (κ2) is 7.67. The van der Waals surface area contributed by atoms with Crippen LogP contribution >= 0.6 is 0 Å². The van der Waals surface area contributed by atoms with Crippen molar-refractivity contribution in [3.8, 4) is 0 Å². The van der Waals surface area contributed by atoms with E-state index in [0.29, 0.717) is 19.6 Å². The molecule has 0 aliphatic carbocycles. The van der Waals surface area contributed by atoms with Crippen molar-refractivity contribution in [1.82, 2.24) is 9.55 Å². The first-order valence-corrected chi connectivity index (χ1v) is 6.77. The third kappa shape index (κ3) is 4.12. The maximum absolute atomic E-state index is 13.3. The molecule has 0 radical (unpaired) electrons. The molecule has 7 heteroatoms. The summed E-state index contributed by atoms with van der Waals surface area (Å²) in [7, 11) is 1.40. The molecular formula is C15H17FN2O4. The number of aromatic nitrogens is 2. The fourth-order valence-electron chi connectivity index (χ4n) is 1.99. The molecule has 0 bridgehead atoms. The Balaban J connectivity index is 1.94. The zero-order chi connectivity index (χ0) is 15.9. The molecule has 1 aromatic carbocycles. The van der Waals surface area contributed by atoms with Crippen molar-refractivity contribution in [2.24, 2.45) is 0 Å². The molecule has 1 unspecified atom stereocenters. The first kappa shape index (κ1) is 16.1. The molecule has 0 amide bonds. The average Bonchev–Trinajstić information content (AvgIpc) is 2.53. The summed E-state index contributed by atoms with van der Waals surface area (Å²) in [6.07, 6.45) is 0.468. The summed E-state index contributed by atoms with van der Waals surface area (Å²) < 4.78 is 24.9. The second-order valence-electron chi connectivity index (χ2n) is 4.66. The summed E-state index contributed by atoms with van der Waals surface area (Å²) in [5.41, 5.74) is -0.735. The largest absolute Gasteiger partial charge is 0.377 e. The van der Waals surface area contributed by atoms with E-state index in [2.05, 4.69) is 0 Å². The Morgan fingerprint density at radius 1 is 1.27 bits per heavy atom. The Bertz CT molecular complexity index is 711. The van der Waals surface area contributed by atoms with Crippen molar-refractivity contribution >= 4 is 0 Å². The number of rotatable bonds is 7.